The first-order valence-corrected chi connectivity index (χ1v) is 4.16. The Hall–Kier alpha value is 2.83. The summed E-state index contributed by atoms with van der Waals surface area (Å²) in [6, 6.07) is 0. The van der Waals surface area contributed by atoms with Gasteiger partial charge in [0.05, 0.1) is 0 Å². The molecule has 0 atom stereocenters. The second-order valence-electron chi connectivity index (χ2n) is 1.72. The van der Waals surface area contributed by atoms with Gasteiger partial charge in [0.1, 0.15) is 0 Å². The molecule has 0 aliphatic heterocycles. The van der Waals surface area contributed by atoms with Crippen LogP contribution in [0.25, 0.3) is 0 Å². The predicted octanol–water partition coefficient (Wildman–Crippen LogP) is 1.43. The van der Waals surface area contributed by atoms with E-state index in [1.165, 1.54) is 0 Å². The summed E-state index contributed by atoms with van der Waals surface area (Å²) in [4.78, 5) is 0. The third-order valence-corrected chi connectivity index (χ3v) is 0. The molecule has 0 nitrogen and oxygen atoms in total. The molecule has 0 fully saturated rings. The Labute approximate surface area is 190 Å². The maximum Gasteiger partial charge on any atom is 1.00 e. The number of rotatable bonds is 0. The molecule has 0 aromatic carbocycles. The van der Waals surface area contributed by atoms with Crippen molar-refractivity contribution in [3.05, 3.63) is 44.9 Å². The van der Waals surface area contributed by atoms with Crippen molar-refractivity contribution < 1.29 is 58.2 Å². The van der Waals surface area contributed by atoms with E-state index in [2.05, 4.69) is 26.7 Å². The average molecular weight is 340 g/mol. The van der Waals surface area contributed by atoms with Gasteiger partial charge in [0.15, 0.2) is 0 Å². The molecule has 0 unspecified atom stereocenters. The van der Waals surface area contributed by atoms with Crippen LogP contribution < -0.4 is 58.2 Å². The molecule has 75 valence electrons. The molecule has 0 aromatic heterocycles. The van der Waals surface area contributed by atoms with E-state index in [9.17, 15) is 0 Å². The fourth-order valence-electron chi connectivity index (χ4n) is 0. The molecule has 0 amide bonds. The quantitative estimate of drug-likeness (QED) is 0.462. The molecule has 0 aliphatic carbocycles. The molecule has 14 heavy (non-hydrogen) atoms. The Morgan fingerprint density at radius 2 is 0.929 bits per heavy atom. The third kappa shape index (κ3) is 354. The van der Waals surface area contributed by atoms with E-state index in [-0.39, 0.29) is 116 Å². The fraction of sp³-hybridized carbons (Fsp3) is 0.417. The van der Waals surface area contributed by atoms with Gasteiger partial charge in [-0.3, -0.25) is 0 Å². The van der Waals surface area contributed by atoms with Crippen LogP contribution in [0.15, 0.2) is 38.0 Å². The first-order valence-electron chi connectivity index (χ1n) is 4.16. The monoisotopic (exact) mass is 339 g/mol. The maximum atomic E-state index is 3.49. The normalized spacial score (nSPS) is 4.07. The van der Waals surface area contributed by atoms with E-state index in [1.807, 2.05) is 27.7 Å². The summed E-state index contributed by atoms with van der Waals surface area (Å²) in [7, 11) is 0. The molecule has 1 radical (unpaired) electrons. The van der Waals surface area contributed by atoms with Gasteiger partial charge in [-0.05, 0) is 20.8 Å². The molecule has 0 aliphatic rings. The summed E-state index contributed by atoms with van der Waals surface area (Å²) in [6.45, 7) is 21.2. The second kappa shape index (κ2) is 74.6. The topological polar surface area (TPSA) is 0 Å². The zero-order valence-electron chi connectivity index (χ0n) is 11.3. The van der Waals surface area contributed by atoms with Crippen LogP contribution >= 0.6 is 0 Å². The Kier molecular flexibility index (Phi) is 192. The number of hydrogen-bond acceptors (Lipinski definition) is 0. The molecule has 2 heteroatoms. The molecule has 0 spiro atoms. The summed E-state index contributed by atoms with van der Waals surface area (Å²) < 4.78 is 0. The third-order valence-electron chi connectivity index (χ3n) is 0. The predicted molar refractivity (Wildman–Crippen MR) is 69.0 cm³/mol. The van der Waals surface area contributed by atoms with Crippen LogP contribution in [0, 0.1) is 6.92 Å². The van der Waals surface area contributed by atoms with E-state index in [4.69, 9.17) is 0 Å². The largest absolute Gasteiger partial charge is 1.00 e. The van der Waals surface area contributed by atoms with Crippen LogP contribution in [0.5, 0.6) is 0 Å². The van der Waals surface area contributed by atoms with E-state index < -0.39 is 0 Å². The van der Waals surface area contributed by atoms with E-state index in [1.54, 1.807) is 18.2 Å². The standard InChI is InChI=1S/C3H7.3C3H6.2Rb/c4*1-3-2;;/h1,3H2,2H3;3*3H,1H2,2H3;;/q-1;;;;;+1. The Balaban J connectivity index is -0.0000000145. The van der Waals surface area contributed by atoms with Gasteiger partial charge in [0.2, 0.25) is 0 Å². The van der Waals surface area contributed by atoms with Crippen LogP contribution in [0.1, 0.15) is 34.1 Å². The van der Waals surface area contributed by atoms with Crippen molar-refractivity contribution in [3.8, 4) is 0 Å². The van der Waals surface area contributed by atoms with Crippen molar-refractivity contribution in [3.63, 3.8) is 0 Å². The smallest absolute Gasteiger partial charge is 0.344 e. The molecule has 0 saturated heterocycles. The van der Waals surface area contributed by atoms with Crippen LogP contribution in [0.2, 0.25) is 0 Å². The second-order valence-corrected chi connectivity index (χ2v) is 1.72. The first-order chi connectivity index (χ1) is 5.66. The van der Waals surface area contributed by atoms with Gasteiger partial charge >= 0.3 is 58.2 Å². The minimum Gasteiger partial charge on any atom is -0.344 e. The van der Waals surface area contributed by atoms with Crippen LogP contribution in [-0.2, 0) is 0 Å². The van der Waals surface area contributed by atoms with Crippen LogP contribution in [0.3, 0.4) is 0 Å². The summed E-state index contributed by atoms with van der Waals surface area (Å²) >= 11 is 0. The van der Waals surface area contributed by atoms with Gasteiger partial charge in [-0.15, -0.1) is 19.7 Å². The Morgan fingerprint density at radius 3 is 0.929 bits per heavy atom. The first kappa shape index (κ1) is 36.0. The summed E-state index contributed by atoms with van der Waals surface area (Å²) in [5.74, 6) is 0. The van der Waals surface area contributed by atoms with Crippen molar-refractivity contribution in [1.29, 1.82) is 0 Å². The summed E-state index contributed by atoms with van der Waals surface area (Å²) in [5.41, 5.74) is 0. The van der Waals surface area contributed by atoms with Gasteiger partial charge in [-0.25, -0.2) is 0 Å². The molecule has 0 rings (SSSR count). The zero-order valence-corrected chi connectivity index (χ0v) is 21.1. The zero-order chi connectivity index (χ0) is 10.8. The minimum absolute atomic E-state index is 0. The van der Waals surface area contributed by atoms with Crippen molar-refractivity contribution >= 4 is 58.2 Å². The van der Waals surface area contributed by atoms with Gasteiger partial charge in [0.25, 0.3) is 0 Å². The molecule has 0 bridgehead atoms. The van der Waals surface area contributed by atoms with Gasteiger partial charge < -0.3 is 6.92 Å². The molecule has 0 saturated carbocycles. The van der Waals surface area contributed by atoms with Crippen molar-refractivity contribution in [2.45, 2.75) is 34.1 Å². The van der Waals surface area contributed by atoms with Gasteiger partial charge in [0, 0.05) is 58.2 Å². The molecule has 0 heterocycles. The molecular weight excluding hydrogens is 315 g/mol. The summed E-state index contributed by atoms with van der Waals surface area (Å²) in [6.07, 6.45) is 6.25. The number of hydrogen-bond donors (Lipinski definition) is 0. The van der Waals surface area contributed by atoms with Crippen LogP contribution in [-0.4, -0.2) is 58.2 Å². The van der Waals surface area contributed by atoms with Gasteiger partial charge in [-0.2, -0.15) is 6.42 Å². The van der Waals surface area contributed by atoms with Crippen molar-refractivity contribution in [2.24, 2.45) is 0 Å². The SMILES string of the molecule is C=CC.C=CC.C=CC.[CH2-]CC.[Rb+].[Rb]. The van der Waals surface area contributed by atoms with Crippen molar-refractivity contribution in [1.82, 2.24) is 0 Å². The molecule has 0 N–H and O–H groups in total. The maximum absolute atomic E-state index is 3.49. The fourth-order valence-corrected chi connectivity index (χ4v) is 0. The number of allylic oxidation sites excluding steroid dienone is 3. The summed E-state index contributed by atoms with van der Waals surface area (Å²) in [5, 5.41) is 0. The molecule has 0 aromatic rings. The van der Waals surface area contributed by atoms with Gasteiger partial charge in [-0.1, -0.05) is 25.2 Å². The van der Waals surface area contributed by atoms with E-state index in [0.717, 1.165) is 6.42 Å². The van der Waals surface area contributed by atoms with Crippen LogP contribution in [0.4, 0.5) is 0 Å². The minimum atomic E-state index is 0. The van der Waals surface area contributed by atoms with E-state index in [0.29, 0.717) is 0 Å². The molecular formula is C12H25Rb2. The van der Waals surface area contributed by atoms with E-state index >= 15 is 0 Å². The average Bonchev–Trinajstić information content (AvgIpc) is 1.92. The Bertz CT molecular complexity index is 54.5. The van der Waals surface area contributed by atoms with Crippen molar-refractivity contribution in [2.75, 3.05) is 0 Å². The Morgan fingerprint density at radius 1 is 0.929 bits per heavy atom.